The molecule has 2 saturated carbocycles. The first kappa shape index (κ1) is 13.9. The van der Waals surface area contributed by atoms with Gasteiger partial charge in [0.05, 0.1) is 0 Å². The number of rotatable bonds is 3. The van der Waals surface area contributed by atoms with Gasteiger partial charge in [-0.05, 0) is 62.1 Å². The van der Waals surface area contributed by atoms with Gasteiger partial charge in [0.15, 0.2) is 0 Å². The van der Waals surface area contributed by atoms with Crippen LogP contribution in [0.4, 0.5) is 5.69 Å². The zero-order valence-electron chi connectivity index (χ0n) is 12.5. The van der Waals surface area contributed by atoms with Crippen molar-refractivity contribution < 1.29 is 0 Å². The average molecular weight is 272 g/mol. The number of benzene rings is 1. The van der Waals surface area contributed by atoms with Crippen LogP contribution in [-0.2, 0) is 0 Å². The van der Waals surface area contributed by atoms with Crippen molar-refractivity contribution in [1.29, 1.82) is 0 Å². The van der Waals surface area contributed by atoms with E-state index in [1.165, 1.54) is 50.6 Å². The van der Waals surface area contributed by atoms with Crippen LogP contribution in [0.2, 0.25) is 0 Å². The fourth-order valence-electron chi connectivity index (χ4n) is 3.79. The summed E-state index contributed by atoms with van der Waals surface area (Å²) in [6.07, 6.45) is 11.8. The smallest absolute Gasteiger partial charge is 0.0342 e. The lowest BCUT2D eigenvalue weighted by Crippen LogP contribution is -2.32. The standard InChI is InChI=1S/C18H28N2/c19-16-8-12-18(13-9-16)20-17-10-6-15(7-11-17)14-4-2-1-3-5-14/h6-7,10-11,14,16,18,20H,1-5,8-9,12-13,19H2. The molecule has 2 nitrogen and oxygen atoms in total. The molecule has 0 aliphatic heterocycles. The van der Waals surface area contributed by atoms with E-state index in [9.17, 15) is 0 Å². The minimum absolute atomic E-state index is 0.432. The van der Waals surface area contributed by atoms with E-state index in [1.54, 1.807) is 5.56 Å². The van der Waals surface area contributed by atoms with Gasteiger partial charge in [-0.1, -0.05) is 31.4 Å². The van der Waals surface area contributed by atoms with Gasteiger partial charge in [0.1, 0.15) is 0 Å². The fraction of sp³-hybridized carbons (Fsp3) is 0.667. The van der Waals surface area contributed by atoms with Crippen molar-refractivity contribution in [2.75, 3.05) is 5.32 Å². The van der Waals surface area contributed by atoms with Crippen molar-refractivity contribution in [3.8, 4) is 0 Å². The van der Waals surface area contributed by atoms with E-state index in [0.717, 1.165) is 18.8 Å². The molecule has 1 aromatic carbocycles. The predicted octanol–water partition coefficient (Wildman–Crippen LogP) is 4.42. The molecule has 3 N–H and O–H groups in total. The zero-order valence-corrected chi connectivity index (χ0v) is 12.5. The Labute approximate surface area is 123 Å². The van der Waals surface area contributed by atoms with Crippen LogP contribution in [0.5, 0.6) is 0 Å². The van der Waals surface area contributed by atoms with Crippen LogP contribution in [-0.4, -0.2) is 12.1 Å². The molecular formula is C18H28N2. The van der Waals surface area contributed by atoms with Gasteiger partial charge in [0, 0.05) is 17.8 Å². The SMILES string of the molecule is NC1CCC(Nc2ccc(C3CCCCC3)cc2)CC1. The number of nitrogens with two attached hydrogens (primary N) is 1. The molecule has 3 rings (SSSR count). The summed E-state index contributed by atoms with van der Waals surface area (Å²) in [6, 6.07) is 10.3. The van der Waals surface area contributed by atoms with Crippen molar-refractivity contribution in [3.05, 3.63) is 29.8 Å². The molecule has 0 aromatic heterocycles. The Morgan fingerprint density at radius 3 is 2.10 bits per heavy atom. The Morgan fingerprint density at radius 1 is 0.800 bits per heavy atom. The minimum atomic E-state index is 0.432. The summed E-state index contributed by atoms with van der Waals surface area (Å²) >= 11 is 0. The van der Waals surface area contributed by atoms with Crippen molar-refractivity contribution in [3.63, 3.8) is 0 Å². The first-order chi connectivity index (χ1) is 9.81. The Hall–Kier alpha value is -1.02. The maximum Gasteiger partial charge on any atom is 0.0342 e. The quantitative estimate of drug-likeness (QED) is 0.855. The molecule has 2 fully saturated rings. The van der Waals surface area contributed by atoms with E-state index < -0.39 is 0 Å². The molecule has 2 aliphatic carbocycles. The fourth-order valence-corrected chi connectivity index (χ4v) is 3.79. The molecule has 0 atom stereocenters. The first-order valence-corrected chi connectivity index (χ1v) is 8.43. The van der Waals surface area contributed by atoms with E-state index >= 15 is 0 Å². The van der Waals surface area contributed by atoms with Gasteiger partial charge in [-0.2, -0.15) is 0 Å². The molecule has 0 saturated heterocycles. The first-order valence-electron chi connectivity index (χ1n) is 8.43. The maximum absolute atomic E-state index is 5.96. The summed E-state index contributed by atoms with van der Waals surface area (Å²) in [5.74, 6) is 0.811. The summed E-state index contributed by atoms with van der Waals surface area (Å²) in [5.41, 5.74) is 8.79. The van der Waals surface area contributed by atoms with Gasteiger partial charge in [-0.15, -0.1) is 0 Å². The van der Waals surface area contributed by atoms with Crippen LogP contribution >= 0.6 is 0 Å². The van der Waals surface area contributed by atoms with E-state index in [4.69, 9.17) is 5.73 Å². The molecule has 2 heteroatoms. The Morgan fingerprint density at radius 2 is 1.45 bits per heavy atom. The highest BCUT2D eigenvalue weighted by atomic mass is 14.9. The molecule has 0 radical (unpaired) electrons. The molecule has 2 aliphatic rings. The van der Waals surface area contributed by atoms with E-state index in [-0.39, 0.29) is 0 Å². The number of anilines is 1. The minimum Gasteiger partial charge on any atom is -0.382 e. The molecule has 0 unspecified atom stereocenters. The second kappa shape index (κ2) is 6.62. The topological polar surface area (TPSA) is 38.0 Å². The lowest BCUT2D eigenvalue weighted by atomic mass is 9.84. The van der Waals surface area contributed by atoms with Crippen LogP contribution < -0.4 is 11.1 Å². The summed E-state index contributed by atoms with van der Waals surface area (Å²) in [6.45, 7) is 0. The summed E-state index contributed by atoms with van der Waals surface area (Å²) in [7, 11) is 0. The maximum atomic E-state index is 5.96. The number of nitrogens with one attached hydrogen (secondary N) is 1. The molecule has 110 valence electrons. The zero-order chi connectivity index (χ0) is 13.8. The summed E-state index contributed by atoms with van der Waals surface area (Å²) < 4.78 is 0. The highest BCUT2D eigenvalue weighted by Crippen LogP contribution is 2.33. The second-order valence-corrected chi connectivity index (χ2v) is 6.71. The average Bonchev–Trinajstić information content (AvgIpc) is 2.51. The van der Waals surface area contributed by atoms with Crippen LogP contribution in [0.15, 0.2) is 24.3 Å². The predicted molar refractivity (Wildman–Crippen MR) is 86.1 cm³/mol. The van der Waals surface area contributed by atoms with Gasteiger partial charge >= 0.3 is 0 Å². The molecule has 0 amide bonds. The van der Waals surface area contributed by atoms with Crippen LogP contribution in [0.1, 0.15) is 69.3 Å². The van der Waals surface area contributed by atoms with Gasteiger partial charge in [-0.3, -0.25) is 0 Å². The number of hydrogen-bond donors (Lipinski definition) is 2. The normalized spacial score (nSPS) is 28.2. The highest BCUT2D eigenvalue weighted by molar-refractivity contribution is 5.46. The van der Waals surface area contributed by atoms with Crippen LogP contribution in [0.3, 0.4) is 0 Å². The Bertz CT molecular complexity index is 398. The summed E-state index contributed by atoms with van der Waals surface area (Å²) in [4.78, 5) is 0. The third-order valence-corrected chi connectivity index (χ3v) is 5.13. The highest BCUT2D eigenvalue weighted by Gasteiger charge is 2.18. The number of hydrogen-bond acceptors (Lipinski definition) is 2. The van der Waals surface area contributed by atoms with Crippen LogP contribution in [0.25, 0.3) is 0 Å². The molecule has 0 bridgehead atoms. The largest absolute Gasteiger partial charge is 0.382 e. The Kier molecular flexibility index (Phi) is 4.62. The third-order valence-electron chi connectivity index (χ3n) is 5.13. The van der Waals surface area contributed by atoms with Crippen LogP contribution in [0, 0.1) is 0 Å². The third kappa shape index (κ3) is 3.54. The van der Waals surface area contributed by atoms with Crippen molar-refractivity contribution >= 4 is 5.69 Å². The molecule has 20 heavy (non-hydrogen) atoms. The lowest BCUT2D eigenvalue weighted by Gasteiger charge is -2.28. The summed E-state index contributed by atoms with van der Waals surface area (Å²) in [5, 5.41) is 3.68. The molecular weight excluding hydrogens is 244 g/mol. The van der Waals surface area contributed by atoms with E-state index in [1.807, 2.05) is 0 Å². The Balaban J connectivity index is 1.55. The van der Waals surface area contributed by atoms with Crippen molar-refractivity contribution in [1.82, 2.24) is 0 Å². The lowest BCUT2D eigenvalue weighted by molar-refractivity contribution is 0.411. The van der Waals surface area contributed by atoms with Gasteiger partial charge in [-0.25, -0.2) is 0 Å². The van der Waals surface area contributed by atoms with E-state index in [0.29, 0.717) is 12.1 Å². The van der Waals surface area contributed by atoms with Gasteiger partial charge in [0.25, 0.3) is 0 Å². The molecule has 0 heterocycles. The van der Waals surface area contributed by atoms with E-state index in [2.05, 4.69) is 29.6 Å². The van der Waals surface area contributed by atoms with Gasteiger partial charge in [0.2, 0.25) is 0 Å². The monoisotopic (exact) mass is 272 g/mol. The molecule has 0 spiro atoms. The van der Waals surface area contributed by atoms with Crippen molar-refractivity contribution in [2.45, 2.75) is 75.8 Å². The van der Waals surface area contributed by atoms with Crippen molar-refractivity contribution in [2.24, 2.45) is 5.73 Å². The van der Waals surface area contributed by atoms with Gasteiger partial charge < -0.3 is 11.1 Å². The molecule has 1 aromatic rings. The second-order valence-electron chi connectivity index (χ2n) is 6.71.